The predicted octanol–water partition coefficient (Wildman–Crippen LogP) is 5.28. The molecule has 0 aliphatic rings. The summed E-state index contributed by atoms with van der Waals surface area (Å²) in [6.45, 7) is 2.44. The number of hydrogen-bond donors (Lipinski definition) is 3. The molecule has 2 amide bonds. The summed E-state index contributed by atoms with van der Waals surface area (Å²) in [6, 6.07) is 10.3. The summed E-state index contributed by atoms with van der Waals surface area (Å²) >= 11 is 0. The quantitative estimate of drug-likeness (QED) is 0.505. The third-order valence-corrected chi connectivity index (χ3v) is 4.08. The van der Waals surface area contributed by atoms with Gasteiger partial charge in [0.25, 0.3) is 0 Å². The van der Waals surface area contributed by atoms with Gasteiger partial charge in [-0.1, -0.05) is 31.2 Å². The lowest BCUT2D eigenvalue weighted by Gasteiger charge is -2.16. The second-order valence-corrected chi connectivity index (χ2v) is 6.18. The van der Waals surface area contributed by atoms with Crippen molar-refractivity contribution in [2.45, 2.75) is 19.5 Å². The summed E-state index contributed by atoms with van der Waals surface area (Å²) in [5.41, 5.74) is -1.75. The van der Waals surface area contributed by atoms with E-state index in [2.05, 4.69) is 16.0 Å². The molecule has 1 heterocycles. The van der Waals surface area contributed by atoms with Gasteiger partial charge in [-0.25, -0.2) is 9.59 Å². The van der Waals surface area contributed by atoms with Crippen LogP contribution in [-0.2, 0) is 6.18 Å². The lowest BCUT2D eigenvalue weighted by atomic mass is 10.1. The summed E-state index contributed by atoms with van der Waals surface area (Å²) in [6.07, 6.45) is -3.89. The highest BCUT2D eigenvalue weighted by Crippen LogP contribution is 2.35. The molecule has 0 saturated carbocycles. The fourth-order valence-corrected chi connectivity index (χ4v) is 2.80. The molecule has 3 aromatic rings. The molecule has 6 nitrogen and oxygen atoms in total. The summed E-state index contributed by atoms with van der Waals surface area (Å²) in [4.78, 5) is 24.8. The zero-order chi connectivity index (χ0) is 21.0. The zero-order valence-corrected chi connectivity index (χ0v) is 15.4. The van der Waals surface area contributed by atoms with Crippen molar-refractivity contribution in [1.82, 2.24) is 0 Å². The van der Waals surface area contributed by atoms with Crippen LogP contribution in [-0.4, -0.2) is 12.6 Å². The van der Waals surface area contributed by atoms with Gasteiger partial charge in [0, 0.05) is 11.9 Å². The average molecular weight is 405 g/mol. The number of anilines is 3. The first-order valence-corrected chi connectivity index (χ1v) is 8.85. The fraction of sp³-hybridized carbons (Fsp3) is 0.200. The van der Waals surface area contributed by atoms with Gasteiger partial charge in [-0.2, -0.15) is 13.2 Å². The van der Waals surface area contributed by atoms with E-state index in [1.807, 2.05) is 6.92 Å². The normalized spacial score (nSPS) is 11.3. The maximum atomic E-state index is 13.1. The molecule has 0 atom stereocenters. The maximum absolute atomic E-state index is 13.1. The van der Waals surface area contributed by atoms with E-state index in [1.54, 1.807) is 24.3 Å². The molecule has 0 aliphatic heterocycles. The minimum Gasteiger partial charge on any atom is -0.421 e. The van der Waals surface area contributed by atoms with E-state index in [-0.39, 0.29) is 5.69 Å². The van der Waals surface area contributed by atoms with Gasteiger partial charge in [-0.15, -0.1) is 0 Å². The van der Waals surface area contributed by atoms with Crippen molar-refractivity contribution in [3.63, 3.8) is 0 Å². The number of benzene rings is 2. The number of urea groups is 1. The van der Waals surface area contributed by atoms with Gasteiger partial charge in [0.15, 0.2) is 5.69 Å². The number of nitrogens with one attached hydrogen (secondary N) is 3. The van der Waals surface area contributed by atoms with Crippen LogP contribution in [0.25, 0.3) is 11.0 Å². The molecule has 0 radical (unpaired) electrons. The summed E-state index contributed by atoms with van der Waals surface area (Å²) in [5.74, 6) is 0. The lowest BCUT2D eigenvalue weighted by molar-refractivity contribution is -0.136. The summed E-state index contributed by atoms with van der Waals surface area (Å²) < 4.78 is 44.6. The van der Waals surface area contributed by atoms with Crippen LogP contribution in [0.3, 0.4) is 0 Å². The third kappa shape index (κ3) is 4.50. The van der Waals surface area contributed by atoms with Crippen molar-refractivity contribution >= 4 is 34.1 Å². The highest BCUT2D eigenvalue weighted by atomic mass is 19.4. The van der Waals surface area contributed by atoms with E-state index in [0.717, 1.165) is 18.6 Å². The number of halogens is 3. The Morgan fingerprint density at radius 3 is 2.41 bits per heavy atom. The molecular formula is C20H18F3N3O3. The molecule has 3 N–H and O–H groups in total. The Morgan fingerprint density at radius 2 is 1.69 bits per heavy atom. The summed E-state index contributed by atoms with van der Waals surface area (Å²) in [5, 5.41) is 8.10. The Hall–Kier alpha value is -3.49. The molecule has 1 aromatic heterocycles. The van der Waals surface area contributed by atoms with E-state index in [4.69, 9.17) is 4.42 Å². The number of carbonyl (C=O) groups excluding carboxylic acids is 1. The van der Waals surface area contributed by atoms with Gasteiger partial charge in [0.2, 0.25) is 0 Å². The monoisotopic (exact) mass is 405 g/mol. The predicted molar refractivity (Wildman–Crippen MR) is 105 cm³/mol. The maximum Gasteiger partial charge on any atom is 0.418 e. The SMILES string of the molecule is CCCNc1c(NC(=O)Nc2ccccc2C(F)(F)F)c(=O)oc2ccccc12. The molecular weight excluding hydrogens is 387 g/mol. The number of carbonyl (C=O) groups is 1. The van der Waals surface area contributed by atoms with E-state index in [9.17, 15) is 22.8 Å². The standard InChI is InChI=1S/C20H18F3N3O3/c1-2-11-24-16-12-7-3-6-10-15(12)29-18(27)17(16)26-19(28)25-14-9-5-4-8-13(14)20(21,22)23/h3-10,24H,2,11H2,1H3,(H2,25,26,28). The van der Waals surface area contributed by atoms with Crippen LogP contribution in [0, 0.1) is 0 Å². The second-order valence-electron chi connectivity index (χ2n) is 6.18. The third-order valence-electron chi connectivity index (χ3n) is 4.08. The molecule has 0 aliphatic carbocycles. The van der Waals surface area contributed by atoms with Crippen LogP contribution < -0.4 is 21.6 Å². The summed E-state index contributed by atoms with van der Waals surface area (Å²) in [7, 11) is 0. The Bertz CT molecular complexity index is 1090. The molecule has 29 heavy (non-hydrogen) atoms. The molecule has 2 aromatic carbocycles. The fourth-order valence-electron chi connectivity index (χ4n) is 2.80. The smallest absolute Gasteiger partial charge is 0.418 e. The molecule has 0 fully saturated rings. The molecule has 9 heteroatoms. The second kappa shape index (κ2) is 8.26. The number of alkyl halides is 3. The Balaban J connectivity index is 1.95. The van der Waals surface area contributed by atoms with Crippen LogP contribution in [0.2, 0.25) is 0 Å². The first-order chi connectivity index (χ1) is 13.8. The zero-order valence-electron chi connectivity index (χ0n) is 15.4. The first kappa shape index (κ1) is 20.2. The number of hydrogen-bond acceptors (Lipinski definition) is 4. The van der Waals surface area contributed by atoms with E-state index < -0.39 is 29.1 Å². The Morgan fingerprint density at radius 1 is 1.00 bits per heavy atom. The van der Waals surface area contributed by atoms with E-state index in [1.165, 1.54) is 12.1 Å². The molecule has 0 unspecified atom stereocenters. The molecule has 0 spiro atoms. The van der Waals surface area contributed by atoms with Crippen molar-refractivity contribution < 1.29 is 22.4 Å². The molecule has 0 bridgehead atoms. The van der Waals surface area contributed by atoms with Gasteiger partial charge in [0.1, 0.15) is 5.58 Å². The topological polar surface area (TPSA) is 83.4 Å². The lowest BCUT2D eigenvalue weighted by Crippen LogP contribution is -2.26. The van der Waals surface area contributed by atoms with Gasteiger partial charge in [0.05, 0.1) is 16.9 Å². The van der Waals surface area contributed by atoms with Crippen molar-refractivity contribution in [1.29, 1.82) is 0 Å². The molecule has 152 valence electrons. The van der Waals surface area contributed by atoms with E-state index in [0.29, 0.717) is 23.2 Å². The van der Waals surface area contributed by atoms with Gasteiger partial charge < -0.3 is 15.1 Å². The number of fused-ring (bicyclic) bond motifs is 1. The van der Waals surface area contributed by atoms with Crippen LogP contribution in [0.5, 0.6) is 0 Å². The van der Waals surface area contributed by atoms with Crippen molar-refractivity contribution in [2.75, 3.05) is 22.5 Å². The largest absolute Gasteiger partial charge is 0.421 e. The highest BCUT2D eigenvalue weighted by Gasteiger charge is 2.33. The Labute approximate surface area is 163 Å². The van der Waals surface area contributed by atoms with Gasteiger partial charge in [-0.05, 0) is 30.7 Å². The number of rotatable bonds is 5. The van der Waals surface area contributed by atoms with E-state index >= 15 is 0 Å². The number of para-hydroxylation sites is 2. The van der Waals surface area contributed by atoms with Crippen LogP contribution in [0.15, 0.2) is 57.7 Å². The van der Waals surface area contributed by atoms with Crippen molar-refractivity contribution in [3.8, 4) is 0 Å². The van der Waals surface area contributed by atoms with Crippen LogP contribution >= 0.6 is 0 Å². The van der Waals surface area contributed by atoms with Gasteiger partial charge in [-0.3, -0.25) is 5.32 Å². The molecule has 0 saturated heterocycles. The minimum absolute atomic E-state index is 0.181. The van der Waals surface area contributed by atoms with Crippen LogP contribution in [0.1, 0.15) is 18.9 Å². The van der Waals surface area contributed by atoms with Gasteiger partial charge >= 0.3 is 17.8 Å². The first-order valence-electron chi connectivity index (χ1n) is 8.85. The average Bonchev–Trinajstić information content (AvgIpc) is 2.67. The molecule has 3 rings (SSSR count). The van der Waals surface area contributed by atoms with Crippen molar-refractivity contribution in [3.05, 3.63) is 64.5 Å². The van der Waals surface area contributed by atoms with Crippen molar-refractivity contribution in [2.24, 2.45) is 0 Å². The van der Waals surface area contributed by atoms with Crippen LogP contribution in [0.4, 0.5) is 35.0 Å². The highest BCUT2D eigenvalue weighted by molar-refractivity contribution is 6.06. The Kier molecular flexibility index (Phi) is 5.76. The number of amides is 2. The minimum atomic E-state index is -4.64.